The molecule has 9 heteroatoms. The lowest BCUT2D eigenvalue weighted by Gasteiger charge is -2.32. The lowest BCUT2D eigenvalue weighted by Crippen LogP contribution is -2.46. The molecule has 1 atom stereocenters. The van der Waals surface area contributed by atoms with Crippen molar-refractivity contribution >= 4 is 51.1 Å². The molecule has 0 bridgehead atoms. The predicted molar refractivity (Wildman–Crippen MR) is 119 cm³/mol. The van der Waals surface area contributed by atoms with Crippen LogP contribution in [0.4, 0.5) is 0 Å². The number of nitrogens with one attached hydrogen (secondary N) is 2. The van der Waals surface area contributed by atoms with Crippen LogP contribution in [0.1, 0.15) is 24.1 Å². The zero-order valence-corrected chi connectivity index (χ0v) is 19.1. The second-order valence-electron chi connectivity index (χ2n) is 7.00. The minimum absolute atomic E-state index is 0. The van der Waals surface area contributed by atoms with E-state index in [1.807, 2.05) is 11.3 Å². The Hall–Kier alpha value is -0.390. The second-order valence-corrected chi connectivity index (χ2v) is 10.3. The van der Waals surface area contributed by atoms with E-state index in [9.17, 15) is 8.42 Å². The maximum absolute atomic E-state index is 11.6. The molecular weight excluding hydrogens is 483 g/mol. The third-order valence-electron chi connectivity index (χ3n) is 5.02. The molecule has 3 heterocycles. The summed E-state index contributed by atoms with van der Waals surface area (Å²) in [4.78, 5) is 8.20. The van der Waals surface area contributed by atoms with E-state index in [2.05, 4.69) is 38.0 Å². The molecule has 1 aromatic rings. The van der Waals surface area contributed by atoms with Crippen LogP contribution in [0.3, 0.4) is 0 Å². The summed E-state index contributed by atoms with van der Waals surface area (Å²) in [5, 5.41) is 8.77. The molecule has 148 valence electrons. The van der Waals surface area contributed by atoms with Gasteiger partial charge in [-0.2, -0.15) is 0 Å². The van der Waals surface area contributed by atoms with Crippen molar-refractivity contribution in [2.45, 2.75) is 31.8 Å². The van der Waals surface area contributed by atoms with E-state index in [0.29, 0.717) is 12.3 Å². The summed E-state index contributed by atoms with van der Waals surface area (Å²) in [6, 6.07) is 4.31. The van der Waals surface area contributed by atoms with Crippen LogP contribution >= 0.6 is 35.3 Å². The van der Waals surface area contributed by atoms with Crippen molar-refractivity contribution in [2.24, 2.45) is 10.9 Å². The summed E-state index contributed by atoms with van der Waals surface area (Å²) in [6.45, 7) is 4.23. The topological polar surface area (TPSA) is 73.8 Å². The average molecular weight is 512 g/mol. The van der Waals surface area contributed by atoms with Gasteiger partial charge in [-0.05, 0) is 49.7 Å². The van der Waals surface area contributed by atoms with Crippen LogP contribution in [-0.2, 0) is 16.4 Å². The maximum Gasteiger partial charge on any atom is 0.191 e. The van der Waals surface area contributed by atoms with E-state index in [0.717, 1.165) is 32.1 Å². The highest BCUT2D eigenvalue weighted by Gasteiger charge is 2.28. The van der Waals surface area contributed by atoms with Crippen LogP contribution in [0.15, 0.2) is 22.5 Å². The summed E-state index contributed by atoms with van der Waals surface area (Å²) < 4.78 is 23.1. The van der Waals surface area contributed by atoms with Crippen LogP contribution in [0, 0.1) is 5.92 Å². The summed E-state index contributed by atoms with van der Waals surface area (Å²) in [5.74, 6) is 1.87. The van der Waals surface area contributed by atoms with Crippen molar-refractivity contribution in [1.82, 2.24) is 15.5 Å². The molecule has 0 aliphatic carbocycles. The number of thiophene rings is 1. The number of likely N-dealkylation sites (tertiary alicyclic amines) is 1. The van der Waals surface area contributed by atoms with Gasteiger partial charge in [0.25, 0.3) is 0 Å². The van der Waals surface area contributed by atoms with Gasteiger partial charge in [0.2, 0.25) is 0 Å². The normalized spacial score (nSPS) is 24.2. The summed E-state index contributed by atoms with van der Waals surface area (Å²) in [6.07, 6.45) is 3.05. The Morgan fingerprint density at radius 3 is 2.69 bits per heavy atom. The lowest BCUT2D eigenvalue weighted by atomic mass is 9.97. The monoisotopic (exact) mass is 512 g/mol. The fraction of sp³-hybridized carbons (Fsp3) is 0.706. The van der Waals surface area contributed by atoms with Crippen molar-refractivity contribution in [3.8, 4) is 0 Å². The van der Waals surface area contributed by atoms with Crippen LogP contribution < -0.4 is 10.6 Å². The highest BCUT2D eigenvalue weighted by molar-refractivity contribution is 14.0. The zero-order valence-electron chi connectivity index (χ0n) is 15.2. The van der Waals surface area contributed by atoms with Gasteiger partial charge in [-0.25, -0.2) is 8.42 Å². The quantitative estimate of drug-likeness (QED) is 0.359. The van der Waals surface area contributed by atoms with Gasteiger partial charge in [0.05, 0.1) is 11.5 Å². The molecule has 3 rings (SSSR count). The number of halogens is 1. The molecule has 26 heavy (non-hydrogen) atoms. The van der Waals surface area contributed by atoms with E-state index in [1.54, 1.807) is 7.05 Å². The van der Waals surface area contributed by atoms with Crippen molar-refractivity contribution < 1.29 is 8.42 Å². The molecule has 2 N–H and O–H groups in total. The molecule has 2 aliphatic rings. The number of nitrogens with zero attached hydrogens (tertiary/aromatic N) is 2. The number of piperidine rings is 1. The first-order valence-electron chi connectivity index (χ1n) is 8.96. The predicted octanol–water partition coefficient (Wildman–Crippen LogP) is 1.93. The number of sulfone groups is 1. The molecule has 1 unspecified atom stereocenters. The highest BCUT2D eigenvalue weighted by Crippen LogP contribution is 2.20. The standard InChI is InChI=1S/C17H28N4O2S2.HI/c1-18-17(20-15-6-10-25(22,23)13-15)19-11-14-4-7-21(8-5-14)12-16-3-2-9-24-16;/h2-3,9,14-15H,4-8,10-13H2,1H3,(H2,18,19,20);1H. The third kappa shape index (κ3) is 6.65. The molecule has 2 fully saturated rings. The Bertz CT molecular complexity index is 671. The molecular formula is C17H29IN4O2S2. The number of hydrogen-bond acceptors (Lipinski definition) is 5. The molecule has 6 nitrogen and oxygen atoms in total. The van der Waals surface area contributed by atoms with Crippen LogP contribution in [0.25, 0.3) is 0 Å². The van der Waals surface area contributed by atoms with E-state index in [-0.39, 0.29) is 41.5 Å². The highest BCUT2D eigenvalue weighted by atomic mass is 127. The van der Waals surface area contributed by atoms with Crippen molar-refractivity contribution in [3.05, 3.63) is 22.4 Å². The number of aliphatic imine (C=N–C) groups is 1. The van der Waals surface area contributed by atoms with Gasteiger partial charge in [0, 0.05) is 31.1 Å². The van der Waals surface area contributed by atoms with Crippen molar-refractivity contribution in [1.29, 1.82) is 0 Å². The molecule has 0 aromatic carbocycles. The third-order valence-corrected chi connectivity index (χ3v) is 7.65. The average Bonchev–Trinajstić information content (AvgIpc) is 3.22. The minimum atomic E-state index is -2.86. The fourth-order valence-corrected chi connectivity index (χ4v) is 5.93. The number of guanidine groups is 1. The Morgan fingerprint density at radius 2 is 2.12 bits per heavy atom. The number of hydrogen-bond donors (Lipinski definition) is 2. The molecule has 2 saturated heterocycles. The largest absolute Gasteiger partial charge is 0.356 e. The second kappa shape index (κ2) is 10.2. The first-order valence-corrected chi connectivity index (χ1v) is 11.7. The van der Waals surface area contributed by atoms with Crippen LogP contribution in [0.2, 0.25) is 0 Å². The lowest BCUT2D eigenvalue weighted by molar-refractivity contribution is 0.179. The minimum Gasteiger partial charge on any atom is -0.356 e. The van der Waals surface area contributed by atoms with E-state index in [4.69, 9.17) is 0 Å². The molecule has 0 spiro atoms. The van der Waals surface area contributed by atoms with Crippen molar-refractivity contribution in [2.75, 3.05) is 38.2 Å². The Balaban J connectivity index is 0.00000243. The van der Waals surface area contributed by atoms with Gasteiger partial charge in [-0.3, -0.25) is 9.89 Å². The van der Waals surface area contributed by atoms with Gasteiger partial charge in [0.15, 0.2) is 15.8 Å². The Labute approximate surface area is 177 Å². The van der Waals surface area contributed by atoms with Gasteiger partial charge in [0.1, 0.15) is 0 Å². The van der Waals surface area contributed by atoms with Crippen molar-refractivity contribution in [3.63, 3.8) is 0 Å². The molecule has 0 radical (unpaired) electrons. The smallest absolute Gasteiger partial charge is 0.191 e. The first kappa shape index (κ1) is 21.9. The maximum atomic E-state index is 11.6. The van der Waals surface area contributed by atoms with Gasteiger partial charge in [-0.15, -0.1) is 35.3 Å². The summed E-state index contributed by atoms with van der Waals surface area (Å²) in [7, 11) is -1.12. The fourth-order valence-electron chi connectivity index (χ4n) is 3.51. The van der Waals surface area contributed by atoms with E-state index < -0.39 is 9.84 Å². The summed E-state index contributed by atoms with van der Waals surface area (Å²) >= 11 is 1.83. The molecule has 1 aromatic heterocycles. The SMILES string of the molecule is CN=C(NCC1CCN(Cc2cccs2)CC1)NC1CCS(=O)(=O)C1.I. The van der Waals surface area contributed by atoms with E-state index in [1.165, 1.54) is 17.7 Å². The molecule has 0 saturated carbocycles. The summed E-state index contributed by atoms with van der Waals surface area (Å²) in [5.41, 5.74) is 0. The molecule has 0 amide bonds. The zero-order chi connectivity index (χ0) is 17.7. The number of rotatable bonds is 5. The van der Waals surface area contributed by atoms with Gasteiger partial charge in [-0.1, -0.05) is 6.07 Å². The molecule has 2 aliphatic heterocycles. The Kier molecular flexibility index (Phi) is 8.62. The van der Waals surface area contributed by atoms with E-state index >= 15 is 0 Å². The Morgan fingerprint density at radius 1 is 1.35 bits per heavy atom. The van der Waals surface area contributed by atoms with Crippen LogP contribution in [-0.4, -0.2) is 63.5 Å². The van der Waals surface area contributed by atoms with Gasteiger partial charge < -0.3 is 10.6 Å². The van der Waals surface area contributed by atoms with Gasteiger partial charge >= 0.3 is 0 Å². The van der Waals surface area contributed by atoms with Crippen LogP contribution in [0.5, 0.6) is 0 Å². The first-order chi connectivity index (χ1) is 12.0.